The summed E-state index contributed by atoms with van der Waals surface area (Å²) in [5.41, 5.74) is 2.57. The number of amides is 1. The standard InChI is InChI=1S/C19H22N2O5S/c1-13-7-5-8-15(11-13)21(27(4,24)25)12-18(22)20-17-10-6-9-16(14(17)2)19(23)26-3/h5-11H,12H2,1-4H3,(H,20,22). The lowest BCUT2D eigenvalue weighted by atomic mass is 10.1. The molecule has 27 heavy (non-hydrogen) atoms. The Labute approximate surface area is 159 Å². The SMILES string of the molecule is COC(=O)c1cccc(NC(=O)CN(c2cccc(C)c2)S(C)(=O)=O)c1C. The number of hydrogen-bond donors (Lipinski definition) is 1. The lowest BCUT2D eigenvalue weighted by Gasteiger charge is -2.22. The Balaban J connectivity index is 2.26. The summed E-state index contributed by atoms with van der Waals surface area (Å²) in [6, 6.07) is 11.7. The number of carbonyl (C=O) groups is 2. The molecule has 0 aliphatic carbocycles. The molecular weight excluding hydrogens is 368 g/mol. The predicted molar refractivity (Wildman–Crippen MR) is 105 cm³/mol. The number of hydrogen-bond acceptors (Lipinski definition) is 5. The van der Waals surface area contributed by atoms with E-state index in [1.54, 1.807) is 43.3 Å². The third-order valence-electron chi connectivity index (χ3n) is 3.99. The summed E-state index contributed by atoms with van der Waals surface area (Å²) in [6.07, 6.45) is 1.05. The minimum atomic E-state index is -3.66. The van der Waals surface area contributed by atoms with Gasteiger partial charge in [-0.3, -0.25) is 9.10 Å². The van der Waals surface area contributed by atoms with Gasteiger partial charge in [0.1, 0.15) is 6.54 Å². The highest BCUT2D eigenvalue weighted by molar-refractivity contribution is 7.92. The summed E-state index contributed by atoms with van der Waals surface area (Å²) in [4.78, 5) is 24.3. The molecule has 0 spiro atoms. The Morgan fingerprint density at radius 3 is 2.37 bits per heavy atom. The summed E-state index contributed by atoms with van der Waals surface area (Å²) in [7, 11) is -2.38. The van der Waals surface area contributed by atoms with E-state index >= 15 is 0 Å². The molecule has 0 saturated carbocycles. The Morgan fingerprint density at radius 1 is 1.11 bits per heavy atom. The van der Waals surface area contributed by atoms with E-state index in [0.717, 1.165) is 16.1 Å². The number of anilines is 2. The molecule has 0 unspecified atom stereocenters. The number of esters is 1. The van der Waals surface area contributed by atoms with Crippen LogP contribution in [0.1, 0.15) is 21.5 Å². The van der Waals surface area contributed by atoms with Gasteiger partial charge in [0.25, 0.3) is 0 Å². The minimum absolute atomic E-state index is 0.328. The molecule has 8 heteroatoms. The van der Waals surface area contributed by atoms with Gasteiger partial charge in [-0.15, -0.1) is 0 Å². The predicted octanol–water partition coefficient (Wildman–Crippen LogP) is 2.49. The summed E-state index contributed by atoms with van der Waals surface area (Å²) in [6.45, 7) is 3.13. The van der Waals surface area contributed by atoms with E-state index in [9.17, 15) is 18.0 Å². The number of methoxy groups -OCH3 is 1. The fourth-order valence-electron chi connectivity index (χ4n) is 2.61. The van der Waals surface area contributed by atoms with E-state index in [4.69, 9.17) is 4.74 Å². The van der Waals surface area contributed by atoms with Gasteiger partial charge >= 0.3 is 5.97 Å². The molecule has 1 N–H and O–H groups in total. The molecule has 0 aliphatic heterocycles. The van der Waals surface area contributed by atoms with Crippen LogP contribution in [0.15, 0.2) is 42.5 Å². The van der Waals surface area contributed by atoms with Crippen LogP contribution in [0.5, 0.6) is 0 Å². The van der Waals surface area contributed by atoms with E-state index in [1.165, 1.54) is 7.11 Å². The second kappa shape index (κ2) is 8.22. The number of aryl methyl sites for hydroxylation is 1. The quantitative estimate of drug-likeness (QED) is 0.765. The van der Waals surface area contributed by atoms with Gasteiger partial charge in [-0.05, 0) is 49.2 Å². The molecule has 1 amide bonds. The van der Waals surface area contributed by atoms with Crippen molar-refractivity contribution < 1.29 is 22.7 Å². The number of rotatable bonds is 6. The largest absolute Gasteiger partial charge is 0.465 e. The van der Waals surface area contributed by atoms with Gasteiger partial charge in [-0.1, -0.05) is 18.2 Å². The molecule has 0 aromatic heterocycles. The first kappa shape index (κ1) is 20.4. The first-order valence-electron chi connectivity index (χ1n) is 8.15. The van der Waals surface area contributed by atoms with Gasteiger partial charge in [-0.25, -0.2) is 13.2 Å². The number of sulfonamides is 1. The van der Waals surface area contributed by atoms with Gasteiger partial charge < -0.3 is 10.1 Å². The fourth-order valence-corrected chi connectivity index (χ4v) is 3.45. The molecule has 0 radical (unpaired) electrons. The van der Waals surface area contributed by atoms with E-state index < -0.39 is 21.9 Å². The van der Waals surface area contributed by atoms with Gasteiger partial charge in [0.2, 0.25) is 15.9 Å². The average Bonchev–Trinajstić information content (AvgIpc) is 2.60. The second-order valence-corrected chi connectivity index (χ2v) is 8.03. The Bertz CT molecular complexity index is 970. The third-order valence-corrected chi connectivity index (χ3v) is 5.13. The van der Waals surface area contributed by atoms with Crippen molar-refractivity contribution in [3.63, 3.8) is 0 Å². The zero-order valence-electron chi connectivity index (χ0n) is 15.6. The van der Waals surface area contributed by atoms with E-state index in [0.29, 0.717) is 22.5 Å². The molecule has 0 heterocycles. The maximum absolute atomic E-state index is 12.5. The Hall–Kier alpha value is -2.87. The van der Waals surface area contributed by atoms with Gasteiger partial charge in [0.15, 0.2) is 0 Å². The topological polar surface area (TPSA) is 92.8 Å². The molecular formula is C19H22N2O5S. The van der Waals surface area contributed by atoms with Crippen molar-refractivity contribution in [1.82, 2.24) is 0 Å². The highest BCUT2D eigenvalue weighted by Gasteiger charge is 2.22. The van der Waals surface area contributed by atoms with Crippen LogP contribution in [-0.2, 0) is 19.6 Å². The first-order chi connectivity index (χ1) is 12.6. The van der Waals surface area contributed by atoms with Gasteiger partial charge in [0, 0.05) is 5.69 Å². The normalized spacial score (nSPS) is 11.0. The number of benzene rings is 2. The molecule has 144 valence electrons. The monoisotopic (exact) mass is 390 g/mol. The zero-order valence-corrected chi connectivity index (χ0v) is 16.5. The molecule has 2 aromatic rings. The smallest absolute Gasteiger partial charge is 0.338 e. The van der Waals surface area contributed by atoms with Gasteiger partial charge in [0.05, 0.1) is 24.6 Å². The highest BCUT2D eigenvalue weighted by Crippen LogP contribution is 2.21. The Kier molecular flexibility index (Phi) is 6.22. The van der Waals surface area contributed by atoms with E-state index in [2.05, 4.69) is 5.32 Å². The molecule has 0 bridgehead atoms. The molecule has 2 aromatic carbocycles. The second-order valence-electron chi connectivity index (χ2n) is 6.13. The van der Waals surface area contributed by atoms with Crippen molar-refractivity contribution in [3.8, 4) is 0 Å². The van der Waals surface area contributed by atoms with Crippen LogP contribution >= 0.6 is 0 Å². The molecule has 0 saturated heterocycles. The van der Waals surface area contributed by atoms with Crippen LogP contribution in [0.3, 0.4) is 0 Å². The Morgan fingerprint density at radius 2 is 1.78 bits per heavy atom. The maximum atomic E-state index is 12.5. The fraction of sp³-hybridized carbons (Fsp3) is 0.263. The van der Waals surface area contributed by atoms with Crippen LogP contribution in [0.25, 0.3) is 0 Å². The van der Waals surface area contributed by atoms with E-state index in [1.807, 2.05) is 13.0 Å². The number of nitrogens with one attached hydrogen (secondary N) is 1. The van der Waals surface area contributed by atoms with Crippen molar-refractivity contribution in [2.45, 2.75) is 13.8 Å². The number of nitrogens with zero attached hydrogens (tertiary/aromatic N) is 1. The van der Waals surface area contributed by atoms with Crippen molar-refractivity contribution >= 4 is 33.3 Å². The summed E-state index contributed by atoms with van der Waals surface area (Å²) in [5.74, 6) is -1.03. The maximum Gasteiger partial charge on any atom is 0.338 e. The van der Waals surface area contributed by atoms with Crippen molar-refractivity contribution in [3.05, 3.63) is 59.2 Å². The number of ether oxygens (including phenoxy) is 1. The third kappa shape index (κ3) is 5.07. The molecule has 0 fully saturated rings. The summed E-state index contributed by atoms with van der Waals surface area (Å²) in [5, 5.41) is 2.66. The zero-order chi connectivity index (χ0) is 20.2. The highest BCUT2D eigenvalue weighted by atomic mass is 32.2. The molecule has 0 atom stereocenters. The van der Waals surface area contributed by atoms with Crippen molar-refractivity contribution in [2.24, 2.45) is 0 Å². The number of carbonyl (C=O) groups excluding carboxylic acids is 2. The first-order valence-corrected chi connectivity index (χ1v) is 10.0. The minimum Gasteiger partial charge on any atom is -0.465 e. The van der Waals surface area contributed by atoms with Crippen LogP contribution in [-0.4, -0.2) is 40.2 Å². The molecule has 2 rings (SSSR count). The molecule has 7 nitrogen and oxygen atoms in total. The average molecular weight is 390 g/mol. The molecule has 0 aliphatic rings. The van der Waals surface area contributed by atoms with Crippen molar-refractivity contribution in [1.29, 1.82) is 0 Å². The lowest BCUT2D eigenvalue weighted by molar-refractivity contribution is -0.114. The van der Waals surface area contributed by atoms with Crippen molar-refractivity contribution in [2.75, 3.05) is 29.5 Å². The van der Waals surface area contributed by atoms with E-state index in [-0.39, 0.29) is 6.54 Å². The van der Waals surface area contributed by atoms with Crippen LogP contribution in [0, 0.1) is 13.8 Å². The van der Waals surface area contributed by atoms with Gasteiger partial charge in [-0.2, -0.15) is 0 Å². The lowest BCUT2D eigenvalue weighted by Crippen LogP contribution is -2.37. The van der Waals surface area contributed by atoms with Crippen LogP contribution in [0.2, 0.25) is 0 Å². The summed E-state index contributed by atoms with van der Waals surface area (Å²) >= 11 is 0. The summed E-state index contributed by atoms with van der Waals surface area (Å²) < 4.78 is 30.1. The van der Waals surface area contributed by atoms with Crippen LogP contribution < -0.4 is 9.62 Å². The van der Waals surface area contributed by atoms with Crippen LogP contribution in [0.4, 0.5) is 11.4 Å².